The number of benzene rings is 2. The summed E-state index contributed by atoms with van der Waals surface area (Å²) in [4.78, 5) is 27.1. The Morgan fingerprint density at radius 1 is 1.17 bits per heavy atom. The van der Waals surface area contributed by atoms with Crippen molar-refractivity contribution in [3.05, 3.63) is 47.8 Å². The number of carbonyl (C=O) groups excluding carboxylic acids is 2. The minimum Gasteiger partial charge on any atom is -0.469 e. The second kappa shape index (κ2) is 6.58. The SMILES string of the molecule is COC(=O)CC(=O)Nc1nc(-c2ccc3ccccc3c2)cs1. The van der Waals surface area contributed by atoms with Crippen molar-refractivity contribution in [2.24, 2.45) is 0 Å². The van der Waals surface area contributed by atoms with Crippen molar-refractivity contribution in [1.29, 1.82) is 0 Å². The largest absolute Gasteiger partial charge is 0.469 e. The summed E-state index contributed by atoms with van der Waals surface area (Å²) in [5, 5.41) is 7.23. The van der Waals surface area contributed by atoms with Gasteiger partial charge in [0.05, 0.1) is 12.8 Å². The molecule has 1 N–H and O–H groups in total. The summed E-state index contributed by atoms with van der Waals surface area (Å²) in [6.07, 6.45) is -0.318. The van der Waals surface area contributed by atoms with Gasteiger partial charge in [0.1, 0.15) is 6.42 Å². The number of thiazole rings is 1. The highest BCUT2D eigenvalue weighted by Crippen LogP contribution is 2.27. The Bertz CT molecular complexity index is 873. The highest BCUT2D eigenvalue weighted by Gasteiger charge is 2.12. The number of carbonyl (C=O) groups is 2. The molecule has 0 spiro atoms. The van der Waals surface area contributed by atoms with Crippen molar-refractivity contribution in [3.63, 3.8) is 0 Å². The van der Waals surface area contributed by atoms with Gasteiger partial charge in [0, 0.05) is 10.9 Å². The number of ether oxygens (including phenoxy) is 1. The number of anilines is 1. The van der Waals surface area contributed by atoms with E-state index in [0.29, 0.717) is 5.13 Å². The topological polar surface area (TPSA) is 68.3 Å². The molecule has 0 atom stereocenters. The van der Waals surface area contributed by atoms with E-state index in [0.717, 1.165) is 22.0 Å². The number of hydrogen-bond acceptors (Lipinski definition) is 5. The summed E-state index contributed by atoms with van der Waals surface area (Å²) in [6.45, 7) is 0. The number of methoxy groups -OCH3 is 1. The van der Waals surface area contributed by atoms with Crippen LogP contribution in [-0.2, 0) is 14.3 Å². The molecule has 0 saturated heterocycles. The zero-order valence-corrected chi connectivity index (χ0v) is 13.2. The van der Waals surface area contributed by atoms with Crippen LogP contribution in [0.4, 0.5) is 5.13 Å². The Balaban J connectivity index is 1.77. The van der Waals surface area contributed by atoms with Crippen molar-refractivity contribution in [2.45, 2.75) is 6.42 Å². The molecule has 3 rings (SSSR count). The first-order chi connectivity index (χ1) is 11.2. The molecule has 1 amide bonds. The van der Waals surface area contributed by atoms with Gasteiger partial charge in [-0.05, 0) is 16.8 Å². The number of nitrogens with zero attached hydrogens (tertiary/aromatic N) is 1. The van der Waals surface area contributed by atoms with Crippen LogP contribution in [0, 0.1) is 0 Å². The van der Waals surface area contributed by atoms with E-state index in [4.69, 9.17) is 0 Å². The van der Waals surface area contributed by atoms with E-state index in [9.17, 15) is 9.59 Å². The molecule has 0 aliphatic carbocycles. The normalized spacial score (nSPS) is 10.5. The van der Waals surface area contributed by atoms with Crippen LogP contribution in [-0.4, -0.2) is 24.0 Å². The molecule has 0 bridgehead atoms. The lowest BCUT2D eigenvalue weighted by Gasteiger charge is -2.01. The van der Waals surface area contributed by atoms with Gasteiger partial charge in [-0.1, -0.05) is 36.4 Å². The molecule has 0 unspecified atom stereocenters. The first-order valence-corrected chi connectivity index (χ1v) is 7.85. The molecule has 2 aromatic carbocycles. The molecule has 116 valence electrons. The standard InChI is InChI=1S/C17H14N2O3S/c1-22-16(21)9-15(20)19-17-18-14(10-23-17)13-7-6-11-4-2-3-5-12(11)8-13/h2-8,10H,9H2,1H3,(H,18,19,20). The van der Waals surface area contributed by atoms with Crippen molar-refractivity contribution in [3.8, 4) is 11.3 Å². The van der Waals surface area contributed by atoms with E-state index in [-0.39, 0.29) is 6.42 Å². The number of nitrogens with one attached hydrogen (secondary N) is 1. The molecule has 1 aromatic heterocycles. The third-order valence-electron chi connectivity index (χ3n) is 3.33. The quantitative estimate of drug-likeness (QED) is 0.589. The molecule has 1 heterocycles. The predicted molar refractivity (Wildman–Crippen MR) is 90.3 cm³/mol. The van der Waals surface area contributed by atoms with Crippen LogP contribution < -0.4 is 5.32 Å². The fourth-order valence-electron chi connectivity index (χ4n) is 2.18. The highest BCUT2D eigenvalue weighted by atomic mass is 32.1. The molecule has 23 heavy (non-hydrogen) atoms. The number of fused-ring (bicyclic) bond motifs is 1. The summed E-state index contributed by atoms with van der Waals surface area (Å²) in [5.41, 5.74) is 1.77. The van der Waals surface area contributed by atoms with Crippen molar-refractivity contribution in [2.75, 3.05) is 12.4 Å². The van der Waals surface area contributed by atoms with Gasteiger partial charge in [-0.15, -0.1) is 11.3 Å². The third kappa shape index (κ3) is 3.54. The lowest BCUT2D eigenvalue weighted by Crippen LogP contribution is -2.17. The van der Waals surface area contributed by atoms with Crippen LogP contribution in [0.15, 0.2) is 47.8 Å². The zero-order chi connectivity index (χ0) is 16.2. The number of esters is 1. The maximum absolute atomic E-state index is 11.7. The van der Waals surface area contributed by atoms with Crippen molar-refractivity contribution in [1.82, 2.24) is 4.98 Å². The van der Waals surface area contributed by atoms with Gasteiger partial charge in [-0.2, -0.15) is 0 Å². The summed E-state index contributed by atoms with van der Waals surface area (Å²) in [5.74, 6) is -1.01. The fraction of sp³-hybridized carbons (Fsp3) is 0.118. The first-order valence-electron chi connectivity index (χ1n) is 6.97. The zero-order valence-electron chi connectivity index (χ0n) is 12.4. The van der Waals surface area contributed by atoms with Gasteiger partial charge in [0.15, 0.2) is 5.13 Å². The average Bonchev–Trinajstić information content (AvgIpc) is 3.02. The Kier molecular flexibility index (Phi) is 4.34. The lowest BCUT2D eigenvalue weighted by atomic mass is 10.1. The van der Waals surface area contributed by atoms with Crippen molar-refractivity contribution >= 4 is 39.1 Å². The average molecular weight is 326 g/mol. The molecule has 0 radical (unpaired) electrons. The first kappa shape index (κ1) is 15.2. The second-order valence-electron chi connectivity index (χ2n) is 4.90. The Labute approximate surface area is 136 Å². The Morgan fingerprint density at radius 2 is 1.96 bits per heavy atom. The molecule has 0 saturated carbocycles. The summed E-state index contributed by atoms with van der Waals surface area (Å²) < 4.78 is 4.46. The number of aromatic nitrogens is 1. The minimum atomic E-state index is -0.575. The molecule has 6 heteroatoms. The fourth-order valence-corrected chi connectivity index (χ4v) is 2.91. The molecule has 5 nitrogen and oxygen atoms in total. The van der Waals surface area contributed by atoms with E-state index >= 15 is 0 Å². The van der Waals surface area contributed by atoms with E-state index < -0.39 is 11.9 Å². The van der Waals surface area contributed by atoms with Gasteiger partial charge < -0.3 is 10.1 Å². The Morgan fingerprint density at radius 3 is 2.74 bits per heavy atom. The monoisotopic (exact) mass is 326 g/mol. The summed E-state index contributed by atoms with van der Waals surface area (Å²) in [6, 6.07) is 14.2. The van der Waals surface area contributed by atoms with E-state index in [2.05, 4.69) is 27.2 Å². The van der Waals surface area contributed by atoms with Crippen LogP contribution in [0.3, 0.4) is 0 Å². The van der Waals surface area contributed by atoms with Crippen molar-refractivity contribution < 1.29 is 14.3 Å². The number of rotatable bonds is 4. The molecule has 0 fully saturated rings. The predicted octanol–water partition coefficient (Wildman–Crippen LogP) is 3.46. The van der Waals surface area contributed by atoms with E-state index in [1.165, 1.54) is 18.4 Å². The molecule has 3 aromatic rings. The highest BCUT2D eigenvalue weighted by molar-refractivity contribution is 7.14. The van der Waals surface area contributed by atoms with Crippen LogP contribution in [0.25, 0.3) is 22.0 Å². The smallest absolute Gasteiger partial charge is 0.315 e. The summed E-state index contributed by atoms with van der Waals surface area (Å²) >= 11 is 1.32. The second-order valence-corrected chi connectivity index (χ2v) is 5.76. The van der Waals surface area contributed by atoms with Gasteiger partial charge in [0.25, 0.3) is 0 Å². The maximum Gasteiger partial charge on any atom is 0.315 e. The lowest BCUT2D eigenvalue weighted by molar-refractivity contribution is -0.142. The molecule has 0 aliphatic rings. The maximum atomic E-state index is 11.7. The summed E-state index contributed by atoms with van der Waals surface area (Å²) in [7, 11) is 1.25. The molecule has 0 aliphatic heterocycles. The van der Waals surface area contributed by atoms with E-state index in [1.54, 1.807) is 0 Å². The number of amides is 1. The molecular formula is C17H14N2O3S. The molecular weight excluding hydrogens is 312 g/mol. The number of hydrogen-bond donors (Lipinski definition) is 1. The van der Waals surface area contributed by atoms with Crippen LogP contribution >= 0.6 is 11.3 Å². The van der Waals surface area contributed by atoms with Gasteiger partial charge in [0.2, 0.25) is 5.91 Å². The van der Waals surface area contributed by atoms with Crippen LogP contribution in [0.5, 0.6) is 0 Å². The Hall–Kier alpha value is -2.73. The van der Waals surface area contributed by atoms with Gasteiger partial charge in [-0.3, -0.25) is 9.59 Å². The van der Waals surface area contributed by atoms with Crippen LogP contribution in [0.2, 0.25) is 0 Å². The third-order valence-corrected chi connectivity index (χ3v) is 4.09. The van der Waals surface area contributed by atoms with E-state index in [1.807, 2.05) is 35.7 Å². The van der Waals surface area contributed by atoms with Gasteiger partial charge >= 0.3 is 5.97 Å². The van der Waals surface area contributed by atoms with Crippen LogP contribution in [0.1, 0.15) is 6.42 Å². The van der Waals surface area contributed by atoms with Gasteiger partial charge in [-0.25, -0.2) is 4.98 Å². The minimum absolute atomic E-state index is 0.318.